The van der Waals surface area contributed by atoms with Gasteiger partial charge < -0.3 is 15.8 Å². The van der Waals surface area contributed by atoms with Gasteiger partial charge in [0.1, 0.15) is 5.75 Å². The summed E-state index contributed by atoms with van der Waals surface area (Å²) in [5.74, 6) is 1.68. The average molecular weight is 260 g/mol. The molecule has 1 heterocycles. The molecule has 0 atom stereocenters. The molecule has 0 aliphatic heterocycles. The van der Waals surface area contributed by atoms with E-state index in [0.717, 1.165) is 35.1 Å². The first-order chi connectivity index (χ1) is 9.06. The maximum absolute atomic E-state index is 6.06. The maximum Gasteiger partial charge on any atom is 0.152 e. The van der Waals surface area contributed by atoms with Crippen LogP contribution < -0.4 is 15.8 Å². The van der Waals surface area contributed by atoms with Gasteiger partial charge in [0.05, 0.1) is 18.5 Å². The summed E-state index contributed by atoms with van der Waals surface area (Å²) >= 11 is 0. The second-order valence-electron chi connectivity index (χ2n) is 4.47. The quantitative estimate of drug-likeness (QED) is 0.887. The zero-order valence-corrected chi connectivity index (χ0v) is 11.8. The number of nitrogens with two attached hydrogens (primary N) is 1. The van der Waals surface area contributed by atoms with Crippen LogP contribution in [0.1, 0.15) is 18.2 Å². The van der Waals surface area contributed by atoms with Gasteiger partial charge in [0.15, 0.2) is 5.82 Å². The summed E-state index contributed by atoms with van der Waals surface area (Å²) in [6, 6.07) is 5.89. The highest BCUT2D eigenvalue weighted by Gasteiger charge is 2.12. The number of hydrogen-bond acceptors (Lipinski definition) is 4. The van der Waals surface area contributed by atoms with E-state index in [1.165, 1.54) is 0 Å². The third kappa shape index (κ3) is 2.50. The fourth-order valence-electron chi connectivity index (χ4n) is 1.99. The van der Waals surface area contributed by atoms with Crippen molar-refractivity contribution in [1.82, 2.24) is 9.78 Å². The van der Waals surface area contributed by atoms with E-state index in [4.69, 9.17) is 10.5 Å². The molecule has 0 amide bonds. The van der Waals surface area contributed by atoms with E-state index in [0.29, 0.717) is 5.69 Å². The monoisotopic (exact) mass is 260 g/mol. The summed E-state index contributed by atoms with van der Waals surface area (Å²) in [7, 11) is 1.66. The minimum absolute atomic E-state index is 0.692. The Kier molecular flexibility index (Phi) is 3.64. The molecule has 0 radical (unpaired) electrons. The van der Waals surface area contributed by atoms with Crippen molar-refractivity contribution in [2.75, 3.05) is 18.2 Å². The standard InChI is InChI=1S/C14H20N4O/c1-5-18-14(13(15)10(3)17-18)16-12-7-6-11(19-4)8-9(12)2/h6-8,16H,5,15H2,1-4H3. The van der Waals surface area contributed by atoms with Crippen LogP contribution in [0.25, 0.3) is 0 Å². The van der Waals surface area contributed by atoms with Gasteiger partial charge in [-0.15, -0.1) is 0 Å². The van der Waals surface area contributed by atoms with Gasteiger partial charge in [-0.2, -0.15) is 5.10 Å². The summed E-state index contributed by atoms with van der Waals surface area (Å²) < 4.78 is 7.07. The van der Waals surface area contributed by atoms with Crippen LogP contribution in [0.3, 0.4) is 0 Å². The average Bonchev–Trinajstić information content (AvgIpc) is 2.68. The van der Waals surface area contributed by atoms with Crippen molar-refractivity contribution in [3.63, 3.8) is 0 Å². The Morgan fingerprint density at radius 1 is 1.37 bits per heavy atom. The number of ether oxygens (including phenoxy) is 1. The highest BCUT2D eigenvalue weighted by Crippen LogP contribution is 2.29. The minimum atomic E-state index is 0.692. The van der Waals surface area contributed by atoms with Crippen LogP contribution >= 0.6 is 0 Å². The van der Waals surface area contributed by atoms with Crippen LogP contribution in [-0.2, 0) is 6.54 Å². The molecule has 5 nitrogen and oxygen atoms in total. The molecule has 0 unspecified atom stereocenters. The lowest BCUT2D eigenvalue weighted by Gasteiger charge is -2.12. The third-order valence-electron chi connectivity index (χ3n) is 3.16. The zero-order chi connectivity index (χ0) is 14.0. The fraction of sp³-hybridized carbons (Fsp3) is 0.357. The van der Waals surface area contributed by atoms with E-state index in [-0.39, 0.29) is 0 Å². The first kappa shape index (κ1) is 13.3. The van der Waals surface area contributed by atoms with E-state index in [1.807, 2.05) is 43.7 Å². The summed E-state index contributed by atoms with van der Waals surface area (Å²) in [6.45, 7) is 6.75. The van der Waals surface area contributed by atoms with E-state index in [9.17, 15) is 0 Å². The topological polar surface area (TPSA) is 65.1 Å². The molecule has 0 bridgehead atoms. The van der Waals surface area contributed by atoms with Gasteiger partial charge >= 0.3 is 0 Å². The third-order valence-corrected chi connectivity index (χ3v) is 3.16. The van der Waals surface area contributed by atoms with Crippen molar-refractivity contribution in [3.8, 4) is 5.75 Å². The van der Waals surface area contributed by atoms with E-state index in [1.54, 1.807) is 7.11 Å². The number of hydrogen-bond donors (Lipinski definition) is 2. The fourth-order valence-corrected chi connectivity index (χ4v) is 1.99. The van der Waals surface area contributed by atoms with Crippen molar-refractivity contribution < 1.29 is 4.74 Å². The highest BCUT2D eigenvalue weighted by atomic mass is 16.5. The number of methoxy groups -OCH3 is 1. The maximum atomic E-state index is 6.06. The molecule has 5 heteroatoms. The van der Waals surface area contributed by atoms with Gasteiger partial charge in [0.25, 0.3) is 0 Å². The second-order valence-corrected chi connectivity index (χ2v) is 4.47. The lowest BCUT2D eigenvalue weighted by atomic mass is 10.2. The molecule has 0 aliphatic carbocycles. The number of nitrogens with one attached hydrogen (secondary N) is 1. The second kappa shape index (κ2) is 5.22. The van der Waals surface area contributed by atoms with Crippen LogP contribution in [0.15, 0.2) is 18.2 Å². The molecule has 0 saturated heterocycles. The molecule has 0 saturated carbocycles. The highest BCUT2D eigenvalue weighted by molar-refractivity contribution is 5.72. The first-order valence-corrected chi connectivity index (χ1v) is 6.31. The molecule has 0 fully saturated rings. The Hall–Kier alpha value is -2.17. The molecular weight excluding hydrogens is 240 g/mol. The minimum Gasteiger partial charge on any atom is -0.497 e. The van der Waals surface area contributed by atoms with Gasteiger partial charge in [-0.25, -0.2) is 4.68 Å². The van der Waals surface area contributed by atoms with Gasteiger partial charge in [-0.3, -0.25) is 0 Å². The molecule has 2 rings (SSSR count). The lowest BCUT2D eigenvalue weighted by molar-refractivity contribution is 0.414. The molecule has 2 aromatic rings. The van der Waals surface area contributed by atoms with Gasteiger partial charge in [-0.05, 0) is 44.5 Å². The number of aryl methyl sites for hydroxylation is 3. The SMILES string of the molecule is CCn1nc(C)c(N)c1Nc1ccc(OC)cc1C. The molecule has 102 valence electrons. The van der Waals surface area contributed by atoms with Gasteiger partial charge in [-0.1, -0.05) is 0 Å². The molecule has 1 aromatic heterocycles. The molecule has 0 spiro atoms. The summed E-state index contributed by atoms with van der Waals surface area (Å²) in [5, 5.41) is 7.74. The smallest absolute Gasteiger partial charge is 0.152 e. The van der Waals surface area contributed by atoms with Crippen molar-refractivity contribution >= 4 is 17.2 Å². The van der Waals surface area contributed by atoms with Crippen molar-refractivity contribution in [2.24, 2.45) is 0 Å². The van der Waals surface area contributed by atoms with Gasteiger partial charge in [0.2, 0.25) is 0 Å². The number of anilines is 3. The predicted molar refractivity (Wildman–Crippen MR) is 78.1 cm³/mol. The van der Waals surface area contributed by atoms with Crippen LogP contribution in [-0.4, -0.2) is 16.9 Å². The van der Waals surface area contributed by atoms with Gasteiger partial charge in [0, 0.05) is 12.2 Å². The molecular formula is C14H20N4O. The van der Waals surface area contributed by atoms with Crippen LogP contribution in [0.5, 0.6) is 5.75 Å². The Morgan fingerprint density at radius 2 is 2.11 bits per heavy atom. The Morgan fingerprint density at radius 3 is 2.68 bits per heavy atom. The predicted octanol–water partition coefficient (Wildman–Crippen LogP) is 2.85. The van der Waals surface area contributed by atoms with Crippen molar-refractivity contribution in [1.29, 1.82) is 0 Å². The van der Waals surface area contributed by atoms with Crippen LogP contribution in [0.2, 0.25) is 0 Å². The first-order valence-electron chi connectivity index (χ1n) is 6.31. The Labute approximate surface area is 113 Å². The summed E-state index contributed by atoms with van der Waals surface area (Å²) in [5.41, 5.74) is 9.70. The largest absolute Gasteiger partial charge is 0.497 e. The van der Waals surface area contributed by atoms with Crippen molar-refractivity contribution in [3.05, 3.63) is 29.5 Å². The Balaban J connectivity index is 2.36. The molecule has 1 aromatic carbocycles. The number of nitrogen functional groups attached to an aromatic ring is 1. The van der Waals surface area contributed by atoms with Crippen molar-refractivity contribution in [2.45, 2.75) is 27.3 Å². The van der Waals surface area contributed by atoms with Crippen LogP contribution in [0.4, 0.5) is 17.2 Å². The normalized spacial score (nSPS) is 10.5. The molecule has 3 N–H and O–H groups in total. The van der Waals surface area contributed by atoms with E-state index < -0.39 is 0 Å². The van der Waals surface area contributed by atoms with E-state index >= 15 is 0 Å². The van der Waals surface area contributed by atoms with Crippen LogP contribution in [0, 0.1) is 13.8 Å². The summed E-state index contributed by atoms with van der Waals surface area (Å²) in [6.07, 6.45) is 0. The van der Waals surface area contributed by atoms with E-state index in [2.05, 4.69) is 10.4 Å². The number of rotatable bonds is 4. The summed E-state index contributed by atoms with van der Waals surface area (Å²) in [4.78, 5) is 0. The number of aromatic nitrogens is 2. The molecule has 0 aliphatic rings. The zero-order valence-electron chi connectivity index (χ0n) is 11.8. The number of benzene rings is 1. The number of nitrogens with zero attached hydrogens (tertiary/aromatic N) is 2. The lowest BCUT2D eigenvalue weighted by Crippen LogP contribution is -2.05. The Bertz CT molecular complexity index is 589. The molecule has 19 heavy (non-hydrogen) atoms.